The zero-order valence-electron chi connectivity index (χ0n) is 15.3. The number of ether oxygens (including phenoxy) is 1. The third-order valence-corrected chi connectivity index (χ3v) is 4.71. The molecule has 0 radical (unpaired) electrons. The van der Waals surface area contributed by atoms with Gasteiger partial charge in [0.1, 0.15) is 5.75 Å². The van der Waals surface area contributed by atoms with E-state index in [1.807, 2.05) is 0 Å². The normalized spacial score (nSPS) is 14.3. The molecular weight excluding hydrogens is 391 g/mol. The number of methoxy groups -OCH3 is 1. The Hall–Kier alpha value is -2.93. The van der Waals surface area contributed by atoms with Crippen molar-refractivity contribution in [3.8, 4) is 16.9 Å². The van der Waals surface area contributed by atoms with E-state index in [0.29, 0.717) is 5.56 Å². The molecule has 7 heteroatoms. The van der Waals surface area contributed by atoms with Gasteiger partial charge in [-0.3, -0.25) is 0 Å². The predicted molar refractivity (Wildman–Crippen MR) is 98.9 cm³/mol. The lowest BCUT2D eigenvalue weighted by molar-refractivity contribution is -0.336. The van der Waals surface area contributed by atoms with E-state index in [2.05, 4.69) is 0 Å². The average molecular weight is 408 g/mol. The van der Waals surface area contributed by atoms with E-state index in [4.69, 9.17) is 4.74 Å². The van der Waals surface area contributed by atoms with Crippen LogP contribution in [0.15, 0.2) is 78.9 Å². The van der Waals surface area contributed by atoms with Gasteiger partial charge < -0.3 is 9.84 Å². The molecule has 1 atom stereocenters. The van der Waals surface area contributed by atoms with Gasteiger partial charge in [-0.15, -0.1) is 0 Å². The lowest BCUT2D eigenvalue weighted by Gasteiger charge is -2.37. The molecule has 0 amide bonds. The predicted octanol–water partition coefficient (Wildman–Crippen LogP) is 5.80. The molecule has 0 saturated heterocycles. The molecule has 0 aliphatic heterocycles. The molecule has 1 unspecified atom stereocenters. The van der Waals surface area contributed by atoms with Crippen molar-refractivity contribution in [2.75, 3.05) is 7.11 Å². The molecule has 29 heavy (non-hydrogen) atoms. The molecule has 152 valence electrons. The van der Waals surface area contributed by atoms with Crippen LogP contribution in [0.5, 0.6) is 5.75 Å². The van der Waals surface area contributed by atoms with Gasteiger partial charge in [0.15, 0.2) is 5.60 Å². The summed E-state index contributed by atoms with van der Waals surface area (Å²) in [6.45, 7) is 0. The van der Waals surface area contributed by atoms with Crippen LogP contribution in [0.1, 0.15) is 11.1 Å². The number of alkyl halides is 5. The summed E-state index contributed by atoms with van der Waals surface area (Å²) in [6, 6.07) is 18.4. The van der Waals surface area contributed by atoms with Crippen molar-refractivity contribution in [2.24, 2.45) is 0 Å². The van der Waals surface area contributed by atoms with Gasteiger partial charge in [-0.05, 0) is 34.4 Å². The molecule has 0 aliphatic carbocycles. The quantitative estimate of drug-likeness (QED) is 0.541. The zero-order valence-corrected chi connectivity index (χ0v) is 15.3. The molecule has 0 saturated carbocycles. The fraction of sp³-hybridized carbons (Fsp3) is 0.182. The van der Waals surface area contributed by atoms with Crippen molar-refractivity contribution >= 4 is 0 Å². The van der Waals surface area contributed by atoms with Crippen molar-refractivity contribution in [3.63, 3.8) is 0 Å². The summed E-state index contributed by atoms with van der Waals surface area (Å²) in [5.41, 5.74) is -3.50. The van der Waals surface area contributed by atoms with Crippen molar-refractivity contribution in [1.29, 1.82) is 0 Å². The molecule has 0 aliphatic rings. The molecule has 3 rings (SSSR count). The van der Waals surface area contributed by atoms with E-state index in [0.717, 1.165) is 29.8 Å². The monoisotopic (exact) mass is 408 g/mol. The molecule has 0 heterocycles. The van der Waals surface area contributed by atoms with Crippen molar-refractivity contribution in [2.45, 2.75) is 17.7 Å². The zero-order chi connectivity index (χ0) is 21.3. The second-order valence-corrected chi connectivity index (χ2v) is 6.46. The Balaban J connectivity index is 2.18. The number of hydrogen-bond donors (Lipinski definition) is 1. The van der Waals surface area contributed by atoms with E-state index in [1.165, 1.54) is 31.4 Å². The first-order chi connectivity index (χ1) is 13.6. The topological polar surface area (TPSA) is 29.5 Å². The van der Waals surface area contributed by atoms with Gasteiger partial charge in [0.2, 0.25) is 0 Å². The van der Waals surface area contributed by atoms with E-state index in [-0.39, 0.29) is 5.75 Å². The van der Waals surface area contributed by atoms with Gasteiger partial charge in [0.05, 0.1) is 7.11 Å². The number of benzene rings is 3. The minimum Gasteiger partial charge on any atom is -0.497 e. The Morgan fingerprint density at radius 3 is 1.83 bits per heavy atom. The molecule has 3 aromatic carbocycles. The van der Waals surface area contributed by atoms with E-state index in [1.54, 1.807) is 30.3 Å². The fourth-order valence-corrected chi connectivity index (χ4v) is 3.12. The van der Waals surface area contributed by atoms with Gasteiger partial charge in [0, 0.05) is 0 Å². The first-order valence-corrected chi connectivity index (χ1v) is 8.58. The van der Waals surface area contributed by atoms with Crippen LogP contribution in [0.4, 0.5) is 22.0 Å². The average Bonchev–Trinajstić information content (AvgIpc) is 2.73. The van der Waals surface area contributed by atoms with Gasteiger partial charge in [-0.25, -0.2) is 0 Å². The van der Waals surface area contributed by atoms with Crippen LogP contribution in [0.2, 0.25) is 0 Å². The lowest BCUT2D eigenvalue weighted by Crippen LogP contribution is -2.55. The third kappa shape index (κ3) is 3.58. The summed E-state index contributed by atoms with van der Waals surface area (Å²) in [7, 11) is 1.24. The molecule has 0 spiro atoms. The lowest BCUT2D eigenvalue weighted by atomic mass is 9.80. The summed E-state index contributed by atoms with van der Waals surface area (Å²) in [6.07, 6.45) is -5.98. The third-order valence-electron chi connectivity index (χ3n) is 4.71. The molecular formula is C22H17F5O2. The fourth-order valence-electron chi connectivity index (χ4n) is 3.12. The molecule has 2 nitrogen and oxygen atoms in total. The summed E-state index contributed by atoms with van der Waals surface area (Å²) < 4.78 is 74.0. The van der Waals surface area contributed by atoms with Crippen LogP contribution in [-0.4, -0.2) is 24.3 Å². The molecule has 0 fully saturated rings. The maximum atomic E-state index is 14.6. The van der Waals surface area contributed by atoms with E-state index in [9.17, 15) is 27.1 Å². The summed E-state index contributed by atoms with van der Waals surface area (Å²) >= 11 is 0. The van der Waals surface area contributed by atoms with Gasteiger partial charge in [0.25, 0.3) is 0 Å². The second kappa shape index (κ2) is 7.48. The number of hydrogen-bond acceptors (Lipinski definition) is 2. The molecule has 1 N–H and O–H groups in total. The standard InChI is InChI=1S/C22H17F5O2/c1-29-19-9-5-8-18(14-19)20(28,21(23,24)22(25,26)27)17-12-10-16(11-13-17)15-6-3-2-4-7-15/h2-14,28H,1H3. The van der Waals surface area contributed by atoms with Crippen molar-refractivity contribution in [3.05, 3.63) is 90.0 Å². The van der Waals surface area contributed by atoms with Crippen LogP contribution in [0.25, 0.3) is 11.1 Å². The van der Waals surface area contributed by atoms with Gasteiger partial charge in [-0.1, -0.05) is 66.7 Å². The van der Waals surface area contributed by atoms with Crippen LogP contribution >= 0.6 is 0 Å². The second-order valence-electron chi connectivity index (χ2n) is 6.46. The summed E-state index contributed by atoms with van der Waals surface area (Å²) in [5.74, 6) is -5.42. The molecule has 3 aromatic rings. The highest BCUT2D eigenvalue weighted by atomic mass is 19.4. The van der Waals surface area contributed by atoms with Crippen LogP contribution < -0.4 is 4.74 Å². The number of rotatable bonds is 5. The SMILES string of the molecule is COc1cccc(C(O)(c2ccc(-c3ccccc3)cc2)C(F)(F)C(F)(F)F)c1. The Labute approximate surface area is 164 Å². The van der Waals surface area contributed by atoms with Crippen molar-refractivity contribution in [1.82, 2.24) is 0 Å². The first-order valence-electron chi connectivity index (χ1n) is 8.58. The molecule has 0 bridgehead atoms. The van der Waals surface area contributed by atoms with Gasteiger partial charge in [-0.2, -0.15) is 22.0 Å². The number of aliphatic hydroxyl groups is 1. The van der Waals surface area contributed by atoms with Crippen molar-refractivity contribution < 1.29 is 31.8 Å². The summed E-state index contributed by atoms with van der Waals surface area (Å²) in [4.78, 5) is 0. The highest BCUT2D eigenvalue weighted by Gasteiger charge is 2.71. The van der Waals surface area contributed by atoms with Crippen LogP contribution in [0.3, 0.4) is 0 Å². The maximum absolute atomic E-state index is 14.6. The van der Waals surface area contributed by atoms with Crippen LogP contribution in [0, 0.1) is 0 Å². The smallest absolute Gasteiger partial charge is 0.457 e. The van der Waals surface area contributed by atoms with Gasteiger partial charge >= 0.3 is 12.1 Å². The Morgan fingerprint density at radius 1 is 0.690 bits per heavy atom. The first kappa shape index (κ1) is 20.8. The largest absolute Gasteiger partial charge is 0.497 e. The Morgan fingerprint density at radius 2 is 1.28 bits per heavy atom. The number of halogens is 5. The van der Waals surface area contributed by atoms with E-state index < -0.39 is 28.8 Å². The maximum Gasteiger partial charge on any atom is 0.457 e. The van der Waals surface area contributed by atoms with E-state index >= 15 is 0 Å². The summed E-state index contributed by atoms with van der Waals surface area (Å²) in [5, 5.41) is 10.9. The van der Waals surface area contributed by atoms with Crippen LogP contribution in [-0.2, 0) is 5.60 Å². The molecule has 0 aromatic heterocycles. The highest BCUT2D eigenvalue weighted by Crippen LogP contribution is 2.52. The Bertz CT molecular complexity index is 968. The Kier molecular flexibility index (Phi) is 5.36. The highest BCUT2D eigenvalue weighted by molar-refractivity contribution is 5.64. The minimum absolute atomic E-state index is 0.0415. The minimum atomic E-state index is -5.98.